The van der Waals surface area contributed by atoms with Gasteiger partial charge in [0.2, 0.25) is 6.33 Å². The van der Waals surface area contributed by atoms with Crippen molar-refractivity contribution in [3.63, 3.8) is 0 Å². The fraction of sp³-hybridized carbons (Fsp3) is 0.0500. The largest absolute Gasteiger partial charge is 0.223 e. The highest BCUT2D eigenvalue weighted by Gasteiger charge is 2.39. The van der Waals surface area contributed by atoms with E-state index >= 15 is 0 Å². The van der Waals surface area contributed by atoms with Crippen molar-refractivity contribution in [2.75, 3.05) is 0 Å². The van der Waals surface area contributed by atoms with Gasteiger partial charge in [-0.3, -0.25) is 0 Å². The second-order valence-electron chi connectivity index (χ2n) is 5.50. The molecule has 0 fully saturated rings. The average Bonchev–Trinajstić information content (AvgIpc) is 3.20. The van der Waals surface area contributed by atoms with Crippen LogP contribution in [-0.2, 0) is 5.54 Å². The maximum Gasteiger partial charge on any atom is 0.223 e. The molecule has 0 atom stereocenters. The highest BCUT2D eigenvalue weighted by molar-refractivity contribution is 5.49. The second-order valence-corrected chi connectivity index (χ2v) is 5.50. The fourth-order valence-corrected chi connectivity index (χ4v) is 3.19. The fourth-order valence-electron chi connectivity index (χ4n) is 3.19. The zero-order chi connectivity index (χ0) is 16.2. The summed E-state index contributed by atoms with van der Waals surface area (Å²) in [5.41, 5.74) is 2.55. The average molecular weight is 311 g/mol. The summed E-state index contributed by atoms with van der Waals surface area (Å²) in [4.78, 5) is 0. The first-order valence-electron chi connectivity index (χ1n) is 7.75. The molecule has 0 spiro atoms. The maximum absolute atomic E-state index is 4.22. The monoisotopic (exact) mass is 311 g/mol. The van der Waals surface area contributed by atoms with Gasteiger partial charge in [-0.15, -0.1) is 5.10 Å². The number of aromatic nitrogens is 4. The predicted molar refractivity (Wildman–Crippen MR) is 91.3 cm³/mol. The van der Waals surface area contributed by atoms with Crippen LogP contribution in [0, 0.1) is 6.33 Å². The van der Waals surface area contributed by atoms with Crippen molar-refractivity contribution in [3.05, 3.63) is 114 Å². The van der Waals surface area contributed by atoms with E-state index in [0.29, 0.717) is 0 Å². The summed E-state index contributed by atoms with van der Waals surface area (Å²) in [6.45, 7) is 0. The molecule has 1 radical (unpaired) electrons. The SMILES string of the molecule is [c]1nnnn1C(c1ccccc1)(c1ccccc1)c1ccccc1. The Morgan fingerprint density at radius 3 is 1.38 bits per heavy atom. The van der Waals surface area contributed by atoms with E-state index in [1.165, 1.54) is 0 Å². The Morgan fingerprint density at radius 2 is 1.04 bits per heavy atom. The Morgan fingerprint density at radius 1 is 0.625 bits per heavy atom. The summed E-state index contributed by atoms with van der Waals surface area (Å²) in [6, 6.07) is 30.7. The molecule has 1 heterocycles. The summed E-state index contributed by atoms with van der Waals surface area (Å²) >= 11 is 0. The Balaban J connectivity index is 2.12. The molecule has 0 N–H and O–H groups in total. The molecule has 4 rings (SSSR count). The lowest BCUT2D eigenvalue weighted by Gasteiger charge is -2.34. The van der Waals surface area contributed by atoms with Crippen molar-refractivity contribution in [2.45, 2.75) is 5.54 Å². The lowest BCUT2D eigenvalue weighted by Crippen LogP contribution is -2.38. The van der Waals surface area contributed by atoms with Gasteiger partial charge in [-0.1, -0.05) is 91.0 Å². The quantitative estimate of drug-likeness (QED) is 0.543. The number of tetrazole rings is 1. The van der Waals surface area contributed by atoms with Crippen LogP contribution in [0.1, 0.15) is 16.7 Å². The smallest absolute Gasteiger partial charge is 0.203 e. The molecule has 1 aromatic heterocycles. The summed E-state index contributed by atoms with van der Waals surface area (Å²) in [5.74, 6) is 0. The van der Waals surface area contributed by atoms with Gasteiger partial charge in [-0.2, -0.15) is 0 Å². The van der Waals surface area contributed by atoms with E-state index < -0.39 is 5.54 Å². The molecule has 0 aliphatic heterocycles. The normalized spacial score (nSPS) is 11.3. The van der Waals surface area contributed by atoms with Crippen LogP contribution in [0.3, 0.4) is 0 Å². The molecule has 4 aromatic rings. The lowest BCUT2D eigenvalue weighted by atomic mass is 9.77. The standard InChI is InChI=1S/C20H15N4/c1-4-10-17(11-5-1)20(24-16-21-22-23-24,18-12-6-2-7-13-18)19-14-8-3-9-15-19/h1-15H. The highest BCUT2D eigenvalue weighted by Crippen LogP contribution is 2.39. The molecule has 0 saturated heterocycles. The summed E-state index contributed by atoms with van der Waals surface area (Å²) in [5, 5.41) is 11.8. The van der Waals surface area contributed by atoms with Crippen molar-refractivity contribution in [2.24, 2.45) is 0 Å². The Kier molecular flexibility index (Phi) is 3.63. The Labute approximate surface area is 140 Å². The molecule has 24 heavy (non-hydrogen) atoms. The van der Waals surface area contributed by atoms with E-state index in [0.717, 1.165) is 16.7 Å². The van der Waals surface area contributed by atoms with Gasteiger partial charge in [0.05, 0.1) is 0 Å². The third kappa shape index (κ3) is 2.20. The number of hydrogen-bond acceptors (Lipinski definition) is 3. The van der Waals surface area contributed by atoms with Crippen LogP contribution in [-0.4, -0.2) is 20.2 Å². The summed E-state index contributed by atoms with van der Waals surface area (Å²) in [7, 11) is 0. The summed E-state index contributed by atoms with van der Waals surface area (Å²) < 4.78 is 1.70. The van der Waals surface area contributed by atoms with Crippen molar-refractivity contribution in [1.29, 1.82) is 0 Å². The minimum absolute atomic E-state index is 0.673. The topological polar surface area (TPSA) is 43.6 Å². The summed E-state index contributed by atoms with van der Waals surface area (Å²) in [6.07, 6.45) is 2.92. The zero-order valence-corrected chi connectivity index (χ0v) is 12.9. The lowest BCUT2D eigenvalue weighted by molar-refractivity contribution is 0.443. The van der Waals surface area contributed by atoms with E-state index in [1.807, 2.05) is 54.6 Å². The van der Waals surface area contributed by atoms with Crippen molar-refractivity contribution < 1.29 is 0 Å². The van der Waals surface area contributed by atoms with Gasteiger partial charge in [0.25, 0.3) is 0 Å². The van der Waals surface area contributed by atoms with Crippen LogP contribution in [0.15, 0.2) is 91.0 Å². The molecule has 0 aliphatic carbocycles. The van der Waals surface area contributed by atoms with Gasteiger partial charge in [-0.25, -0.2) is 4.68 Å². The van der Waals surface area contributed by atoms with Crippen molar-refractivity contribution in [1.82, 2.24) is 20.2 Å². The second kappa shape index (κ2) is 6.08. The molecule has 3 aromatic carbocycles. The minimum atomic E-state index is -0.673. The van der Waals surface area contributed by atoms with Crippen molar-refractivity contribution >= 4 is 0 Å². The Bertz CT molecular complexity index is 792. The molecule has 4 nitrogen and oxygen atoms in total. The predicted octanol–water partition coefficient (Wildman–Crippen LogP) is 3.31. The van der Waals surface area contributed by atoms with Crippen molar-refractivity contribution in [3.8, 4) is 0 Å². The Hall–Kier alpha value is -3.27. The van der Waals surface area contributed by atoms with Crippen LogP contribution >= 0.6 is 0 Å². The molecule has 0 unspecified atom stereocenters. The van der Waals surface area contributed by atoms with E-state index in [2.05, 4.69) is 58.3 Å². The van der Waals surface area contributed by atoms with Gasteiger partial charge < -0.3 is 0 Å². The first-order chi connectivity index (χ1) is 11.9. The number of benzene rings is 3. The van der Waals surface area contributed by atoms with Crippen LogP contribution in [0.5, 0.6) is 0 Å². The van der Waals surface area contributed by atoms with E-state index in [1.54, 1.807) is 4.68 Å². The zero-order valence-electron chi connectivity index (χ0n) is 12.9. The van der Waals surface area contributed by atoms with E-state index in [4.69, 9.17) is 0 Å². The molecule has 0 aliphatic rings. The minimum Gasteiger partial charge on any atom is -0.203 e. The van der Waals surface area contributed by atoms with E-state index in [9.17, 15) is 0 Å². The third-order valence-electron chi connectivity index (χ3n) is 4.21. The number of rotatable bonds is 4. The molecule has 0 saturated carbocycles. The van der Waals surface area contributed by atoms with Gasteiger partial charge in [-0.05, 0) is 27.1 Å². The van der Waals surface area contributed by atoms with Gasteiger partial charge in [0.1, 0.15) is 5.54 Å². The first-order valence-corrected chi connectivity index (χ1v) is 7.75. The molecule has 0 amide bonds. The van der Waals surface area contributed by atoms with Crippen LogP contribution in [0.2, 0.25) is 0 Å². The molecular weight excluding hydrogens is 296 g/mol. The first kappa shape index (κ1) is 14.3. The van der Waals surface area contributed by atoms with Gasteiger partial charge >= 0.3 is 0 Å². The van der Waals surface area contributed by atoms with Crippen LogP contribution < -0.4 is 0 Å². The third-order valence-corrected chi connectivity index (χ3v) is 4.21. The molecular formula is C20H15N4. The highest BCUT2D eigenvalue weighted by atomic mass is 15.5. The molecule has 0 bridgehead atoms. The van der Waals surface area contributed by atoms with Gasteiger partial charge in [0.15, 0.2) is 0 Å². The van der Waals surface area contributed by atoms with Crippen LogP contribution in [0.25, 0.3) is 0 Å². The number of nitrogens with zero attached hydrogens (tertiary/aromatic N) is 4. The maximum atomic E-state index is 4.22. The molecule has 4 heteroatoms. The van der Waals surface area contributed by atoms with E-state index in [-0.39, 0.29) is 0 Å². The molecule has 115 valence electrons. The van der Waals surface area contributed by atoms with Gasteiger partial charge in [0, 0.05) is 0 Å². The van der Waals surface area contributed by atoms with Crippen LogP contribution in [0.4, 0.5) is 0 Å². The number of hydrogen-bond donors (Lipinski definition) is 0.